The third-order valence-electron chi connectivity index (χ3n) is 3.24. The highest BCUT2D eigenvalue weighted by Gasteiger charge is 2.14. The molecule has 0 aromatic heterocycles. The Hall–Kier alpha value is -1.75. The fourth-order valence-corrected chi connectivity index (χ4v) is 1.95. The Bertz CT molecular complexity index is 446. The number of hydrogen-bond donors (Lipinski definition) is 2. The Morgan fingerprint density at radius 2 is 2.21 bits per heavy atom. The molecule has 1 aromatic carbocycles. The van der Waals surface area contributed by atoms with Gasteiger partial charge in [-0.1, -0.05) is 22.9 Å². The summed E-state index contributed by atoms with van der Waals surface area (Å²) < 4.78 is 5.37. The Morgan fingerprint density at radius 1 is 1.53 bits per heavy atom. The second-order valence-corrected chi connectivity index (χ2v) is 4.87. The molecule has 0 aliphatic rings. The van der Waals surface area contributed by atoms with Gasteiger partial charge in [0.2, 0.25) is 0 Å². The maximum absolute atomic E-state index is 8.60. The molecule has 0 bridgehead atoms. The molecule has 0 aliphatic heterocycles. The van der Waals surface area contributed by atoms with E-state index < -0.39 is 0 Å². The van der Waals surface area contributed by atoms with Gasteiger partial charge in [0.1, 0.15) is 11.6 Å². The molecule has 106 valence electrons. The number of nitrogens with zero attached hydrogens (tertiary/aromatic N) is 2. The highest BCUT2D eigenvalue weighted by atomic mass is 16.5. The lowest BCUT2D eigenvalue weighted by atomic mass is 10.1. The van der Waals surface area contributed by atoms with Gasteiger partial charge in [-0.25, -0.2) is 0 Å². The average Bonchev–Trinajstić information content (AvgIpc) is 2.38. The zero-order chi connectivity index (χ0) is 14.4. The van der Waals surface area contributed by atoms with Crippen LogP contribution >= 0.6 is 0 Å². The SMILES string of the molecule is COc1ccc(C)cc1CN(C)C(C)CC(N)=NO. The zero-order valence-corrected chi connectivity index (χ0v) is 12.1. The van der Waals surface area contributed by atoms with Crippen LogP contribution in [-0.4, -0.2) is 36.1 Å². The van der Waals surface area contributed by atoms with Crippen LogP contribution in [0.4, 0.5) is 0 Å². The summed E-state index contributed by atoms with van der Waals surface area (Å²) in [5, 5.41) is 11.6. The fourth-order valence-electron chi connectivity index (χ4n) is 1.95. The molecule has 0 spiro atoms. The van der Waals surface area contributed by atoms with Crippen molar-refractivity contribution in [2.45, 2.75) is 32.9 Å². The monoisotopic (exact) mass is 265 g/mol. The van der Waals surface area contributed by atoms with E-state index in [9.17, 15) is 0 Å². The van der Waals surface area contributed by atoms with Crippen LogP contribution in [0.15, 0.2) is 23.4 Å². The lowest BCUT2D eigenvalue weighted by Gasteiger charge is -2.25. The molecule has 3 N–H and O–H groups in total. The molecule has 0 saturated heterocycles. The van der Waals surface area contributed by atoms with Crippen LogP contribution < -0.4 is 10.5 Å². The van der Waals surface area contributed by atoms with E-state index in [-0.39, 0.29) is 11.9 Å². The van der Waals surface area contributed by atoms with Gasteiger partial charge in [-0.15, -0.1) is 0 Å². The van der Waals surface area contributed by atoms with Gasteiger partial charge >= 0.3 is 0 Å². The molecule has 0 aliphatic carbocycles. The minimum atomic E-state index is 0.182. The first-order chi connectivity index (χ1) is 8.97. The third kappa shape index (κ3) is 4.44. The lowest BCUT2D eigenvalue weighted by molar-refractivity contribution is 0.247. The second kappa shape index (κ2) is 6.99. The van der Waals surface area contributed by atoms with E-state index in [0.717, 1.165) is 17.9 Å². The summed E-state index contributed by atoms with van der Waals surface area (Å²) in [6.07, 6.45) is 0.529. The third-order valence-corrected chi connectivity index (χ3v) is 3.24. The molecule has 0 amide bonds. The minimum absolute atomic E-state index is 0.182. The van der Waals surface area contributed by atoms with E-state index in [0.29, 0.717) is 6.42 Å². The van der Waals surface area contributed by atoms with Crippen molar-refractivity contribution in [1.82, 2.24) is 4.90 Å². The zero-order valence-electron chi connectivity index (χ0n) is 12.1. The first kappa shape index (κ1) is 15.3. The molecule has 5 heteroatoms. The number of hydrogen-bond acceptors (Lipinski definition) is 4. The predicted octanol–water partition coefficient (Wildman–Crippen LogP) is 1.96. The summed E-state index contributed by atoms with van der Waals surface area (Å²) in [6.45, 7) is 4.85. The summed E-state index contributed by atoms with van der Waals surface area (Å²) in [5.41, 5.74) is 7.87. The molecule has 5 nitrogen and oxygen atoms in total. The smallest absolute Gasteiger partial charge is 0.140 e. The average molecular weight is 265 g/mol. The predicted molar refractivity (Wildman–Crippen MR) is 76.7 cm³/mol. The van der Waals surface area contributed by atoms with Crippen molar-refractivity contribution in [2.75, 3.05) is 14.2 Å². The van der Waals surface area contributed by atoms with Crippen molar-refractivity contribution < 1.29 is 9.94 Å². The van der Waals surface area contributed by atoms with Crippen LogP contribution in [0.2, 0.25) is 0 Å². The van der Waals surface area contributed by atoms with Gasteiger partial charge in [0, 0.05) is 24.6 Å². The summed E-state index contributed by atoms with van der Waals surface area (Å²) >= 11 is 0. The lowest BCUT2D eigenvalue weighted by Crippen LogP contribution is -2.32. The highest BCUT2D eigenvalue weighted by molar-refractivity contribution is 5.80. The van der Waals surface area contributed by atoms with Crippen molar-refractivity contribution in [3.8, 4) is 5.75 Å². The number of aryl methyl sites for hydroxylation is 1. The van der Waals surface area contributed by atoms with Crippen LogP contribution in [-0.2, 0) is 6.54 Å². The van der Waals surface area contributed by atoms with Crippen molar-refractivity contribution in [3.63, 3.8) is 0 Å². The molecule has 19 heavy (non-hydrogen) atoms. The molecule has 0 heterocycles. The van der Waals surface area contributed by atoms with Gasteiger partial charge in [-0.05, 0) is 27.0 Å². The summed E-state index contributed by atoms with van der Waals surface area (Å²) in [4.78, 5) is 2.15. The molecule has 0 fully saturated rings. The molecular weight excluding hydrogens is 242 g/mol. The number of amidine groups is 1. The highest BCUT2D eigenvalue weighted by Crippen LogP contribution is 2.22. The molecule has 1 atom stereocenters. The van der Waals surface area contributed by atoms with Crippen molar-refractivity contribution in [2.24, 2.45) is 10.9 Å². The van der Waals surface area contributed by atoms with E-state index in [1.54, 1.807) is 7.11 Å². The second-order valence-electron chi connectivity index (χ2n) is 4.87. The van der Waals surface area contributed by atoms with Crippen LogP contribution in [0, 0.1) is 6.92 Å². The van der Waals surface area contributed by atoms with Crippen molar-refractivity contribution >= 4 is 5.84 Å². The van der Waals surface area contributed by atoms with Gasteiger partial charge in [0.25, 0.3) is 0 Å². The Morgan fingerprint density at radius 3 is 2.79 bits per heavy atom. The quantitative estimate of drug-likeness (QED) is 0.357. The number of ether oxygens (including phenoxy) is 1. The van der Waals surface area contributed by atoms with E-state index >= 15 is 0 Å². The van der Waals surface area contributed by atoms with Crippen LogP contribution in [0.3, 0.4) is 0 Å². The van der Waals surface area contributed by atoms with Gasteiger partial charge in [-0.3, -0.25) is 4.90 Å². The van der Waals surface area contributed by atoms with Gasteiger partial charge in [0.15, 0.2) is 0 Å². The van der Waals surface area contributed by atoms with E-state index in [1.807, 2.05) is 26.1 Å². The van der Waals surface area contributed by atoms with Crippen LogP contribution in [0.1, 0.15) is 24.5 Å². The summed E-state index contributed by atoms with van der Waals surface area (Å²) in [7, 11) is 3.69. The molecule has 1 rings (SSSR count). The first-order valence-electron chi connectivity index (χ1n) is 6.28. The van der Waals surface area contributed by atoms with Gasteiger partial charge in [-0.2, -0.15) is 0 Å². The summed E-state index contributed by atoms with van der Waals surface area (Å²) in [6, 6.07) is 6.31. The number of rotatable bonds is 6. The molecule has 0 saturated carbocycles. The van der Waals surface area contributed by atoms with E-state index in [2.05, 4.69) is 23.0 Å². The normalized spacial score (nSPS) is 13.6. The Kier molecular flexibility index (Phi) is 5.63. The minimum Gasteiger partial charge on any atom is -0.496 e. The van der Waals surface area contributed by atoms with E-state index in [1.165, 1.54) is 5.56 Å². The largest absolute Gasteiger partial charge is 0.496 e. The maximum atomic E-state index is 8.60. The Balaban J connectivity index is 2.75. The van der Waals surface area contributed by atoms with Crippen molar-refractivity contribution in [1.29, 1.82) is 0 Å². The van der Waals surface area contributed by atoms with Crippen LogP contribution in [0.5, 0.6) is 5.75 Å². The number of methoxy groups -OCH3 is 1. The van der Waals surface area contributed by atoms with Crippen LogP contribution in [0.25, 0.3) is 0 Å². The number of benzene rings is 1. The van der Waals surface area contributed by atoms with Crippen molar-refractivity contribution in [3.05, 3.63) is 29.3 Å². The fraction of sp³-hybridized carbons (Fsp3) is 0.500. The number of nitrogens with two attached hydrogens (primary N) is 1. The molecular formula is C14H23N3O2. The van der Waals surface area contributed by atoms with Gasteiger partial charge < -0.3 is 15.7 Å². The maximum Gasteiger partial charge on any atom is 0.140 e. The van der Waals surface area contributed by atoms with Gasteiger partial charge in [0.05, 0.1) is 7.11 Å². The van der Waals surface area contributed by atoms with E-state index in [4.69, 9.17) is 15.7 Å². The Labute approximate surface area is 114 Å². The topological polar surface area (TPSA) is 71.1 Å². The molecule has 1 unspecified atom stereocenters. The summed E-state index contributed by atoms with van der Waals surface area (Å²) in [5.74, 6) is 1.13. The molecule has 0 radical (unpaired) electrons. The standard InChI is InChI=1S/C14H23N3O2/c1-10-5-6-13(19-4)12(7-10)9-17(3)11(2)8-14(15)16-18/h5-7,11,18H,8-9H2,1-4H3,(H2,15,16). The first-order valence-corrected chi connectivity index (χ1v) is 6.28. The number of oxime groups is 1. The molecule has 1 aromatic rings.